The molecule has 17 heavy (non-hydrogen) atoms. The Kier molecular flexibility index (Phi) is 4.52. The molecule has 0 saturated heterocycles. The number of rotatable bonds is 6. The second-order valence-corrected chi connectivity index (χ2v) is 5.46. The summed E-state index contributed by atoms with van der Waals surface area (Å²) in [6.45, 7) is 6.12. The first-order chi connectivity index (χ1) is 8.31. The molecule has 0 aromatic carbocycles. The van der Waals surface area contributed by atoms with E-state index in [1.165, 1.54) is 11.5 Å². The molecule has 1 N–H and O–H groups in total. The Labute approximate surface area is 108 Å². The zero-order chi connectivity index (χ0) is 12.1. The predicted octanol–water partition coefficient (Wildman–Crippen LogP) is 1.91. The van der Waals surface area contributed by atoms with Crippen LogP contribution >= 0.6 is 22.9 Å². The maximum Gasteiger partial charge on any atom is 0.161 e. The number of aryl methyl sites for hydroxylation is 2. The molecule has 2 aromatic heterocycles. The number of nitrogens with one attached hydrogen (secondary N) is 1. The van der Waals surface area contributed by atoms with Crippen molar-refractivity contribution in [2.75, 3.05) is 13.1 Å². The van der Waals surface area contributed by atoms with Crippen LogP contribution in [0, 0.1) is 6.92 Å². The van der Waals surface area contributed by atoms with Gasteiger partial charge < -0.3 is 5.32 Å². The van der Waals surface area contributed by atoms with Crippen molar-refractivity contribution in [1.29, 1.82) is 0 Å². The van der Waals surface area contributed by atoms with Crippen LogP contribution in [-0.4, -0.2) is 32.9 Å². The smallest absolute Gasteiger partial charge is 0.161 e. The fourth-order valence-corrected chi connectivity index (χ4v) is 3.06. The predicted molar refractivity (Wildman–Crippen MR) is 70.4 cm³/mol. The van der Waals surface area contributed by atoms with Gasteiger partial charge in [0.2, 0.25) is 0 Å². The fourth-order valence-electron chi connectivity index (χ4n) is 1.42. The van der Waals surface area contributed by atoms with Gasteiger partial charge in [0.05, 0.1) is 5.69 Å². The van der Waals surface area contributed by atoms with Crippen LogP contribution in [0.2, 0.25) is 0 Å². The van der Waals surface area contributed by atoms with Crippen LogP contribution in [0.1, 0.15) is 24.0 Å². The second kappa shape index (κ2) is 6.13. The lowest BCUT2D eigenvalue weighted by molar-refractivity contribution is 0.669. The highest BCUT2D eigenvalue weighted by Crippen LogP contribution is 2.28. The van der Waals surface area contributed by atoms with Gasteiger partial charge in [-0.05, 0) is 38.0 Å². The largest absolute Gasteiger partial charge is 0.317 e. The fraction of sp³-hybridized carbons (Fsp3) is 0.600. The Balaban J connectivity index is 1.95. The van der Waals surface area contributed by atoms with Crippen LogP contribution in [0.4, 0.5) is 0 Å². The minimum Gasteiger partial charge on any atom is -0.317 e. The standard InChI is InChI=1S/C10H15N5S2/c1-3-11-6-4-5-8-13-14-10(16-8)9-7(2)12-15-17-9/h11H,3-6H2,1-2H3. The summed E-state index contributed by atoms with van der Waals surface area (Å²) in [5.74, 6) is 0. The Morgan fingerprint density at radius 3 is 2.82 bits per heavy atom. The minimum absolute atomic E-state index is 0.936. The molecule has 2 rings (SSSR count). The summed E-state index contributed by atoms with van der Waals surface area (Å²) in [5, 5.41) is 17.7. The van der Waals surface area contributed by atoms with Crippen LogP contribution in [-0.2, 0) is 6.42 Å². The molecule has 0 fully saturated rings. The first-order valence-electron chi connectivity index (χ1n) is 5.63. The Morgan fingerprint density at radius 2 is 2.12 bits per heavy atom. The molecule has 7 heteroatoms. The van der Waals surface area contributed by atoms with Gasteiger partial charge in [-0.2, -0.15) is 0 Å². The number of nitrogens with zero attached hydrogens (tertiary/aromatic N) is 4. The first kappa shape index (κ1) is 12.5. The van der Waals surface area contributed by atoms with E-state index in [0.29, 0.717) is 0 Å². The molecule has 2 aromatic rings. The highest BCUT2D eigenvalue weighted by atomic mass is 32.1. The molecule has 0 bridgehead atoms. The zero-order valence-electron chi connectivity index (χ0n) is 9.93. The van der Waals surface area contributed by atoms with E-state index in [4.69, 9.17) is 0 Å². The highest BCUT2D eigenvalue weighted by molar-refractivity contribution is 7.19. The molecule has 0 aliphatic rings. The van der Waals surface area contributed by atoms with E-state index >= 15 is 0 Å². The van der Waals surface area contributed by atoms with Crippen molar-refractivity contribution in [3.63, 3.8) is 0 Å². The van der Waals surface area contributed by atoms with Crippen LogP contribution in [0.15, 0.2) is 0 Å². The lowest BCUT2D eigenvalue weighted by Crippen LogP contribution is -2.14. The van der Waals surface area contributed by atoms with Gasteiger partial charge in [-0.1, -0.05) is 22.7 Å². The van der Waals surface area contributed by atoms with Crippen LogP contribution in [0.3, 0.4) is 0 Å². The van der Waals surface area contributed by atoms with Crippen molar-refractivity contribution >= 4 is 22.9 Å². The monoisotopic (exact) mass is 269 g/mol. The van der Waals surface area contributed by atoms with Gasteiger partial charge in [-0.15, -0.1) is 15.3 Å². The lowest BCUT2D eigenvalue weighted by Gasteiger charge is -1.97. The summed E-state index contributed by atoms with van der Waals surface area (Å²) in [5.41, 5.74) is 0.936. The Hall–Kier alpha value is -0.920. The van der Waals surface area contributed by atoms with E-state index in [1.807, 2.05) is 6.92 Å². The van der Waals surface area contributed by atoms with E-state index in [9.17, 15) is 0 Å². The van der Waals surface area contributed by atoms with Crippen molar-refractivity contribution in [1.82, 2.24) is 25.1 Å². The molecule has 2 heterocycles. The lowest BCUT2D eigenvalue weighted by atomic mass is 10.3. The van der Waals surface area contributed by atoms with Crippen molar-refractivity contribution < 1.29 is 0 Å². The topological polar surface area (TPSA) is 63.6 Å². The van der Waals surface area contributed by atoms with E-state index in [0.717, 1.165) is 46.5 Å². The van der Waals surface area contributed by atoms with E-state index < -0.39 is 0 Å². The summed E-state index contributed by atoms with van der Waals surface area (Å²) >= 11 is 3.03. The molecule has 0 amide bonds. The summed E-state index contributed by atoms with van der Waals surface area (Å²) < 4.78 is 3.91. The summed E-state index contributed by atoms with van der Waals surface area (Å²) in [6.07, 6.45) is 2.08. The van der Waals surface area contributed by atoms with Crippen molar-refractivity contribution in [3.8, 4) is 9.88 Å². The molecule has 5 nitrogen and oxygen atoms in total. The third-order valence-corrected chi connectivity index (χ3v) is 4.27. The van der Waals surface area contributed by atoms with E-state index in [-0.39, 0.29) is 0 Å². The SMILES string of the molecule is CCNCCCc1nnc(-c2snnc2C)s1. The molecular formula is C10H15N5S2. The normalized spacial score (nSPS) is 10.9. The second-order valence-electron chi connectivity index (χ2n) is 3.65. The third-order valence-electron chi connectivity index (χ3n) is 2.31. The molecular weight excluding hydrogens is 254 g/mol. The van der Waals surface area contributed by atoms with Crippen molar-refractivity contribution in [2.24, 2.45) is 0 Å². The molecule has 0 radical (unpaired) electrons. The molecule has 0 saturated carbocycles. The molecule has 0 unspecified atom stereocenters. The third kappa shape index (κ3) is 3.27. The van der Waals surface area contributed by atoms with Gasteiger partial charge in [0.25, 0.3) is 0 Å². The van der Waals surface area contributed by atoms with Gasteiger partial charge in [0.1, 0.15) is 9.88 Å². The van der Waals surface area contributed by atoms with Crippen LogP contribution in [0.5, 0.6) is 0 Å². The molecule has 0 aliphatic carbocycles. The maximum absolute atomic E-state index is 4.20. The van der Waals surface area contributed by atoms with Crippen LogP contribution < -0.4 is 5.32 Å². The average Bonchev–Trinajstić information content (AvgIpc) is 2.93. The molecule has 92 valence electrons. The average molecular weight is 269 g/mol. The summed E-state index contributed by atoms with van der Waals surface area (Å²) in [6, 6.07) is 0. The number of aromatic nitrogens is 4. The zero-order valence-corrected chi connectivity index (χ0v) is 11.6. The quantitative estimate of drug-likeness (QED) is 0.812. The van der Waals surface area contributed by atoms with Crippen LogP contribution in [0.25, 0.3) is 9.88 Å². The maximum atomic E-state index is 4.20. The van der Waals surface area contributed by atoms with Gasteiger partial charge in [-0.3, -0.25) is 0 Å². The summed E-state index contributed by atoms with van der Waals surface area (Å²) in [7, 11) is 0. The molecule has 0 spiro atoms. The van der Waals surface area contributed by atoms with E-state index in [1.54, 1.807) is 11.3 Å². The minimum atomic E-state index is 0.936. The van der Waals surface area contributed by atoms with Crippen molar-refractivity contribution in [2.45, 2.75) is 26.7 Å². The van der Waals surface area contributed by atoms with Gasteiger partial charge in [-0.25, -0.2) is 0 Å². The highest BCUT2D eigenvalue weighted by Gasteiger charge is 2.12. The van der Waals surface area contributed by atoms with Gasteiger partial charge >= 0.3 is 0 Å². The Bertz CT molecular complexity index is 465. The number of hydrogen-bond acceptors (Lipinski definition) is 7. The van der Waals surface area contributed by atoms with Crippen molar-refractivity contribution in [3.05, 3.63) is 10.7 Å². The summed E-state index contributed by atoms with van der Waals surface area (Å²) in [4.78, 5) is 1.04. The number of hydrogen-bond donors (Lipinski definition) is 1. The van der Waals surface area contributed by atoms with Gasteiger partial charge in [0, 0.05) is 6.42 Å². The Morgan fingerprint density at radius 1 is 1.24 bits per heavy atom. The van der Waals surface area contributed by atoms with Gasteiger partial charge in [0.15, 0.2) is 5.01 Å². The van der Waals surface area contributed by atoms with E-state index in [2.05, 4.69) is 32.0 Å². The molecule has 0 atom stereocenters. The first-order valence-corrected chi connectivity index (χ1v) is 7.22. The molecule has 0 aliphatic heterocycles.